The fraction of sp³-hybridized carbons (Fsp3) is 0.944. The van der Waals surface area contributed by atoms with Gasteiger partial charge < -0.3 is 74.8 Å². The van der Waals surface area contributed by atoms with Crippen LogP contribution in [0.3, 0.4) is 0 Å². The molecule has 2 fully saturated rings. The summed E-state index contributed by atoms with van der Waals surface area (Å²) in [6, 6.07) is 0. The van der Waals surface area contributed by atoms with Crippen molar-refractivity contribution in [1.82, 2.24) is 0 Å². The number of carbonyl (C=O) groups excluding carboxylic acids is 1. The zero-order valence-corrected chi connectivity index (χ0v) is 17.6. The van der Waals surface area contributed by atoms with Gasteiger partial charge in [-0.1, -0.05) is 0 Å². The van der Waals surface area contributed by atoms with Crippen LogP contribution in [-0.4, -0.2) is 156 Å². The molecule has 2 aliphatic rings. The van der Waals surface area contributed by atoms with Crippen molar-refractivity contribution >= 4 is 6.29 Å². The predicted molar refractivity (Wildman–Crippen MR) is 101 cm³/mol. The van der Waals surface area contributed by atoms with Gasteiger partial charge in [0.15, 0.2) is 18.9 Å². The fourth-order valence-corrected chi connectivity index (χ4v) is 3.44. The van der Waals surface area contributed by atoms with Gasteiger partial charge in [-0.25, -0.2) is 0 Å². The van der Waals surface area contributed by atoms with Crippen molar-refractivity contribution in [3.05, 3.63) is 0 Å². The van der Waals surface area contributed by atoms with Crippen LogP contribution in [0.5, 0.6) is 0 Å². The Bertz CT molecular complexity index is 609. The Hall–Kier alpha value is -0.890. The number of carbonyl (C=O) groups is 1. The van der Waals surface area contributed by atoms with Gasteiger partial charge in [-0.2, -0.15) is 0 Å². The van der Waals surface area contributed by atoms with Crippen LogP contribution in [0.15, 0.2) is 0 Å². The van der Waals surface area contributed by atoms with E-state index in [1.807, 2.05) is 0 Å². The average molecular weight is 488 g/mol. The summed E-state index contributed by atoms with van der Waals surface area (Å²) in [7, 11) is 0. The van der Waals surface area contributed by atoms with Crippen molar-refractivity contribution < 1.29 is 74.8 Å². The third-order valence-corrected chi connectivity index (χ3v) is 5.59. The van der Waals surface area contributed by atoms with E-state index in [0.717, 1.165) is 0 Å². The molecule has 2 rings (SSSR count). The van der Waals surface area contributed by atoms with Crippen LogP contribution in [0.2, 0.25) is 0 Å². The minimum atomic E-state index is -2.06. The van der Waals surface area contributed by atoms with Gasteiger partial charge in [0.25, 0.3) is 0 Å². The molecule has 0 saturated carbocycles. The van der Waals surface area contributed by atoms with E-state index in [-0.39, 0.29) is 6.29 Å². The van der Waals surface area contributed by atoms with Gasteiger partial charge in [0, 0.05) is 0 Å². The number of aldehydes is 1. The van der Waals surface area contributed by atoms with E-state index in [9.17, 15) is 50.8 Å². The van der Waals surface area contributed by atoms with Gasteiger partial charge in [0.05, 0.1) is 19.3 Å². The van der Waals surface area contributed by atoms with Crippen molar-refractivity contribution in [3.63, 3.8) is 0 Å². The van der Waals surface area contributed by atoms with Crippen LogP contribution < -0.4 is 0 Å². The highest BCUT2D eigenvalue weighted by Gasteiger charge is 2.48. The van der Waals surface area contributed by atoms with Crippen LogP contribution in [0.4, 0.5) is 0 Å². The lowest BCUT2D eigenvalue weighted by Crippen LogP contribution is -2.62. The molecule has 0 amide bonds. The molecule has 0 aliphatic carbocycles. The number of ether oxygens (including phenoxy) is 4. The van der Waals surface area contributed by atoms with Crippen molar-refractivity contribution in [1.29, 1.82) is 0 Å². The number of hydrogen-bond donors (Lipinski definition) is 10. The summed E-state index contributed by atoms with van der Waals surface area (Å²) in [5, 5.41) is 98.7. The highest BCUT2D eigenvalue weighted by Crippen LogP contribution is 2.27. The summed E-state index contributed by atoms with van der Waals surface area (Å²) >= 11 is 0. The Labute approximate surface area is 187 Å². The Balaban J connectivity index is 2.09. The number of aliphatic hydroxyl groups is 10. The first kappa shape index (κ1) is 28.3. The van der Waals surface area contributed by atoms with Crippen molar-refractivity contribution in [2.75, 3.05) is 13.2 Å². The smallest absolute Gasteiger partial charge is 0.187 e. The topological polar surface area (TPSA) is 256 Å². The predicted octanol–water partition coefficient (Wildman–Crippen LogP) is -6.70. The maximum absolute atomic E-state index is 10.7. The molecule has 15 nitrogen and oxygen atoms in total. The first-order chi connectivity index (χ1) is 15.4. The molecule has 0 radical (unpaired) electrons. The molecule has 0 aromatic heterocycles. The van der Waals surface area contributed by atoms with E-state index in [1.54, 1.807) is 0 Å². The number of rotatable bonds is 10. The molecule has 0 aromatic rings. The Morgan fingerprint density at radius 2 is 1.42 bits per heavy atom. The minimum Gasteiger partial charge on any atom is -0.394 e. The summed E-state index contributed by atoms with van der Waals surface area (Å²) in [6.45, 7) is -0.149. The molecule has 14 atom stereocenters. The second kappa shape index (κ2) is 12.2. The van der Waals surface area contributed by atoms with Gasteiger partial charge in [0.1, 0.15) is 67.1 Å². The van der Waals surface area contributed by atoms with Gasteiger partial charge in [-0.05, 0) is 6.92 Å². The third kappa shape index (κ3) is 6.41. The molecule has 33 heavy (non-hydrogen) atoms. The van der Waals surface area contributed by atoms with Crippen LogP contribution in [0.25, 0.3) is 0 Å². The molecular formula is C18H32O15. The molecule has 2 aliphatic heterocycles. The monoisotopic (exact) mass is 488 g/mol. The highest BCUT2D eigenvalue weighted by atomic mass is 16.7. The molecule has 0 unspecified atom stereocenters. The summed E-state index contributed by atoms with van der Waals surface area (Å²) < 4.78 is 21.1. The molecule has 0 bridgehead atoms. The van der Waals surface area contributed by atoms with Crippen LogP contribution in [0.1, 0.15) is 6.92 Å². The van der Waals surface area contributed by atoms with Crippen molar-refractivity contribution in [2.45, 2.75) is 92.8 Å². The summed E-state index contributed by atoms with van der Waals surface area (Å²) in [4.78, 5) is 10.7. The number of aliphatic hydroxyl groups excluding tert-OH is 10. The second-order valence-corrected chi connectivity index (χ2v) is 8.00. The summed E-state index contributed by atoms with van der Waals surface area (Å²) in [6.07, 6.45) is -23.7. The molecular weight excluding hydrogens is 456 g/mol. The van der Waals surface area contributed by atoms with Gasteiger partial charge in [-0.3, -0.25) is 0 Å². The van der Waals surface area contributed by atoms with E-state index in [1.165, 1.54) is 6.92 Å². The lowest BCUT2D eigenvalue weighted by Gasteiger charge is -2.43. The van der Waals surface area contributed by atoms with Crippen LogP contribution >= 0.6 is 0 Å². The van der Waals surface area contributed by atoms with E-state index >= 15 is 0 Å². The molecule has 15 heteroatoms. The molecule has 0 spiro atoms. The highest BCUT2D eigenvalue weighted by molar-refractivity contribution is 5.56. The first-order valence-corrected chi connectivity index (χ1v) is 10.2. The minimum absolute atomic E-state index is 0.0552. The molecule has 10 N–H and O–H groups in total. The normalized spacial score (nSPS) is 43.5. The van der Waals surface area contributed by atoms with Crippen LogP contribution in [-0.2, 0) is 23.7 Å². The average Bonchev–Trinajstić information content (AvgIpc) is 2.81. The van der Waals surface area contributed by atoms with Gasteiger partial charge in [0.2, 0.25) is 0 Å². The quantitative estimate of drug-likeness (QED) is 0.128. The molecule has 0 aromatic carbocycles. The zero-order chi connectivity index (χ0) is 25.0. The molecule has 2 saturated heterocycles. The Morgan fingerprint density at radius 3 is 2.00 bits per heavy atom. The largest absolute Gasteiger partial charge is 0.394 e. The molecule has 2 heterocycles. The van der Waals surface area contributed by atoms with E-state index in [4.69, 9.17) is 24.1 Å². The Morgan fingerprint density at radius 1 is 0.848 bits per heavy atom. The number of hydrogen-bond acceptors (Lipinski definition) is 15. The first-order valence-electron chi connectivity index (χ1n) is 10.2. The fourth-order valence-electron chi connectivity index (χ4n) is 3.44. The lowest BCUT2D eigenvalue weighted by molar-refractivity contribution is -0.341. The second-order valence-electron chi connectivity index (χ2n) is 8.00. The van der Waals surface area contributed by atoms with Crippen molar-refractivity contribution in [2.24, 2.45) is 0 Å². The standard InChI is InChI=1S/C18H32O15/c1-5-9(23)12(26)14(28)17(31-5)30-4-8-11(25)13(27)15(29)18(32-8)33-16(7(22)3-20)10(24)6(21)2-19/h2,5-18,20-29H,3-4H2,1H3/t5-,6-,7+,8+,9+,10+,11-,12+,13-,14-,15+,16+,17+,18-/m0/s1. The lowest BCUT2D eigenvalue weighted by atomic mass is 9.98. The molecule has 194 valence electrons. The van der Waals surface area contributed by atoms with Crippen LogP contribution in [0, 0.1) is 0 Å². The SMILES string of the molecule is C[C@@H]1O[C@@H](OC[C@H]2O[C@@H](O[C@@H]([C@H](O)[C@@H](O)C=O)[C@H](O)CO)[C@H](O)[C@@H](O)[C@H]2O)[C@@H](O)[C@H](O)[C@@H]1O. The van der Waals surface area contributed by atoms with E-state index in [0.29, 0.717) is 0 Å². The maximum Gasteiger partial charge on any atom is 0.187 e. The Kier molecular flexibility index (Phi) is 10.5. The zero-order valence-electron chi connectivity index (χ0n) is 17.6. The van der Waals surface area contributed by atoms with E-state index in [2.05, 4.69) is 0 Å². The third-order valence-electron chi connectivity index (χ3n) is 5.59. The summed E-state index contributed by atoms with van der Waals surface area (Å²) in [5.41, 5.74) is 0. The van der Waals surface area contributed by atoms with E-state index < -0.39 is 99.0 Å². The summed E-state index contributed by atoms with van der Waals surface area (Å²) in [5.74, 6) is 0. The van der Waals surface area contributed by atoms with Gasteiger partial charge in [-0.15, -0.1) is 0 Å². The maximum atomic E-state index is 10.7. The van der Waals surface area contributed by atoms with Gasteiger partial charge >= 0.3 is 0 Å². The van der Waals surface area contributed by atoms with Crippen molar-refractivity contribution in [3.8, 4) is 0 Å².